The lowest BCUT2D eigenvalue weighted by atomic mass is 9.45. The molecule has 2 aromatic rings. The Labute approximate surface area is 225 Å². The summed E-state index contributed by atoms with van der Waals surface area (Å²) < 4.78 is 0. The predicted octanol–water partition coefficient (Wildman–Crippen LogP) is 9.53. The van der Waals surface area contributed by atoms with Gasteiger partial charge in [-0.3, -0.25) is 0 Å². The van der Waals surface area contributed by atoms with E-state index in [9.17, 15) is 0 Å². The zero-order valence-corrected chi connectivity index (χ0v) is 24.2. The van der Waals surface area contributed by atoms with Crippen LogP contribution < -0.4 is 0 Å². The van der Waals surface area contributed by atoms with Crippen LogP contribution in [0, 0.1) is 35.5 Å². The van der Waals surface area contributed by atoms with Crippen LogP contribution in [0.5, 0.6) is 0 Å². The highest BCUT2D eigenvalue weighted by Crippen LogP contribution is 2.70. The molecule has 194 valence electrons. The van der Waals surface area contributed by atoms with Crippen molar-refractivity contribution in [3.8, 4) is 0 Å². The summed E-state index contributed by atoms with van der Waals surface area (Å²) in [6.07, 6.45) is 10.2. The van der Waals surface area contributed by atoms with Crippen molar-refractivity contribution in [2.24, 2.45) is 35.5 Å². The normalized spacial score (nSPS) is 33.5. The molecule has 0 nitrogen and oxygen atoms in total. The third kappa shape index (κ3) is 3.33. The smallest absolute Gasteiger partial charge is 0.0672 e. The lowest BCUT2D eigenvalue weighted by Crippen LogP contribution is -2.50. The standard InChI is InChI=1S/C37H46/c1-22-16-31-33(32-25-18-23-17-24(20-25)21-26(32)19-23)34(22)37(31,29-12-8-27(9-13-29)35(2,3)4)30-14-10-28(11-15-30)36(5,6)7/h8-16,22-26,32H,17-21H2,1-7H3. The van der Waals surface area contributed by atoms with Gasteiger partial charge in [0.1, 0.15) is 0 Å². The summed E-state index contributed by atoms with van der Waals surface area (Å²) in [5, 5.41) is 0. The van der Waals surface area contributed by atoms with Gasteiger partial charge in [0.25, 0.3) is 0 Å². The van der Waals surface area contributed by atoms with Crippen molar-refractivity contribution in [1.82, 2.24) is 0 Å². The minimum Gasteiger partial charge on any atom is -0.0725 e. The second-order valence-electron chi connectivity index (χ2n) is 15.6. The highest BCUT2D eigenvalue weighted by Gasteiger charge is 2.62. The van der Waals surface area contributed by atoms with Gasteiger partial charge in [0, 0.05) is 0 Å². The van der Waals surface area contributed by atoms with Gasteiger partial charge in [-0.15, -0.1) is 0 Å². The van der Waals surface area contributed by atoms with Crippen molar-refractivity contribution in [3.05, 3.63) is 93.6 Å². The molecule has 2 aromatic carbocycles. The molecule has 9 rings (SSSR count). The van der Waals surface area contributed by atoms with Gasteiger partial charge in [-0.05, 0) is 117 Å². The Morgan fingerprint density at radius 2 is 1.05 bits per heavy atom. The maximum atomic E-state index is 2.67. The van der Waals surface area contributed by atoms with Crippen molar-refractivity contribution in [2.75, 3.05) is 0 Å². The van der Waals surface area contributed by atoms with Crippen molar-refractivity contribution in [1.29, 1.82) is 0 Å². The van der Waals surface area contributed by atoms with Gasteiger partial charge >= 0.3 is 0 Å². The number of allylic oxidation sites excluding steroid dienone is 4. The lowest BCUT2D eigenvalue weighted by Gasteiger charge is -2.59. The first-order valence-corrected chi connectivity index (χ1v) is 15.2. The molecule has 1 unspecified atom stereocenters. The molecule has 7 aliphatic rings. The molecule has 0 aliphatic heterocycles. The van der Waals surface area contributed by atoms with Gasteiger partial charge in [0.05, 0.1) is 5.41 Å². The molecule has 4 saturated carbocycles. The molecule has 1 atom stereocenters. The Morgan fingerprint density at radius 1 is 0.622 bits per heavy atom. The van der Waals surface area contributed by atoms with Crippen LogP contribution in [0.2, 0.25) is 0 Å². The fourth-order valence-corrected chi connectivity index (χ4v) is 9.75. The number of hydrogen-bond donors (Lipinski definition) is 0. The van der Waals surface area contributed by atoms with Crippen LogP contribution in [-0.4, -0.2) is 0 Å². The van der Waals surface area contributed by atoms with Crippen LogP contribution in [0.25, 0.3) is 0 Å². The summed E-state index contributed by atoms with van der Waals surface area (Å²) in [6, 6.07) is 19.5. The molecule has 37 heavy (non-hydrogen) atoms. The number of hydrogen-bond acceptors (Lipinski definition) is 0. The molecule has 0 amide bonds. The maximum absolute atomic E-state index is 2.67. The Morgan fingerprint density at radius 3 is 1.41 bits per heavy atom. The van der Waals surface area contributed by atoms with E-state index in [4.69, 9.17) is 0 Å². The van der Waals surface area contributed by atoms with Gasteiger partial charge in [0.2, 0.25) is 0 Å². The molecular weight excluding hydrogens is 444 g/mol. The highest BCUT2D eigenvalue weighted by molar-refractivity contribution is 5.78. The molecule has 0 radical (unpaired) electrons. The third-order valence-electron chi connectivity index (χ3n) is 11.2. The van der Waals surface area contributed by atoms with Crippen molar-refractivity contribution in [3.63, 3.8) is 0 Å². The Kier molecular flexibility index (Phi) is 5.02. The third-order valence-corrected chi connectivity index (χ3v) is 11.2. The molecule has 0 saturated heterocycles. The zero-order chi connectivity index (χ0) is 25.9. The van der Waals surface area contributed by atoms with E-state index in [1.54, 1.807) is 11.1 Å². The van der Waals surface area contributed by atoms with E-state index in [0.717, 1.165) is 29.6 Å². The Hall–Kier alpha value is -2.08. The van der Waals surface area contributed by atoms with Gasteiger partial charge < -0.3 is 0 Å². The minimum atomic E-state index is -0.0454. The first-order chi connectivity index (χ1) is 17.5. The quantitative estimate of drug-likeness (QED) is 0.402. The topological polar surface area (TPSA) is 0 Å². The maximum Gasteiger partial charge on any atom is 0.0672 e. The van der Waals surface area contributed by atoms with Crippen molar-refractivity contribution < 1.29 is 0 Å². The summed E-state index contributed by atoms with van der Waals surface area (Å²) in [5.41, 5.74) is 11.4. The molecule has 0 heteroatoms. The highest BCUT2D eigenvalue weighted by atomic mass is 14.6. The first kappa shape index (κ1) is 24.0. The summed E-state index contributed by atoms with van der Waals surface area (Å²) in [7, 11) is 0. The summed E-state index contributed by atoms with van der Waals surface area (Å²) >= 11 is 0. The minimum absolute atomic E-state index is 0.0454. The molecule has 0 heterocycles. The van der Waals surface area contributed by atoms with Crippen LogP contribution in [0.3, 0.4) is 0 Å². The van der Waals surface area contributed by atoms with E-state index in [0.29, 0.717) is 5.92 Å². The van der Waals surface area contributed by atoms with Crippen LogP contribution in [0.1, 0.15) is 103 Å². The summed E-state index contributed by atoms with van der Waals surface area (Å²) in [6.45, 7) is 16.4. The van der Waals surface area contributed by atoms with E-state index in [-0.39, 0.29) is 16.2 Å². The van der Waals surface area contributed by atoms with Crippen LogP contribution in [0.4, 0.5) is 0 Å². The van der Waals surface area contributed by atoms with Crippen LogP contribution >= 0.6 is 0 Å². The molecule has 4 fully saturated rings. The largest absolute Gasteiger partial charge is 0.0725 e. The van der Waals surface area contributed by atoms with E-state index >= 15 is 0 Å². The average Bonchev–Trinajstić information content (AvgIpc) is 3.33. The Bertz CT molecular complexity index is 1200. The van der Waals surface area contributed by atoms with E-state index in [1.807, 2.05) is 5.57 Å². The monoisotopic (exact) mass is 490 g/mol. The molecule has 0 spiro atoms. The van der Waals surface area contributed by atoms with Gasteiger partial charge in [-0.25, -0.2) is 0 Å². The van der Waals surface area contributed by atoms with Crippen molar-refractivity contribution in [2.45, 2.75) is 96.8 Å². The van der Waals surface area contributed by atoms with Crippen LogP contribution in [0.15, 0.2) is 71.3 Å². The predicted molar refractivity (Wildman–Crippen MR) is 156 cm³/mol. The fraction of sp³-hybridized carbons (Fsp3) is 0.568. The summed E-state index contributed by atoms with van der Waals surface area (Å²) in [4.78, 5) is 0. The Balaban J connectivity index is 1.38. The van der Waals surface area contributed by atoms with Gasteiger partial charge in [-0.1, -0.05) is 103 Å². The van der Waals surface area contributed by atoms with E-state index in [2.05, 4.69) is 103 Å². The fourth-order valence-electron chi connectivity index (χ4n) is 9.75. The summed E-state index contributed by atoms with van der Waals surface area (Å²) in [5.74, 6) is 5.34. The van der Waals surface area contributed by atoms with Crippen molar-refractivity contribution >= 4 is 0 Å². The first-order valence-electron chi connectivity index (χ1n) is 15.2. The SMILES string of the molecule is CC1C=C2C(C3C4CC5CC(C4)CC3C5)=C1C2(c1ccc(C(C)(C)C)cc1)c1ccc(C(C)(C)C)cc1. The molecule has 7 aliphatic carbocycles. The second-order valence-corrected chi connectivity index (χ2v) is 15.6. The number of fused-ring (bicyclic) bond motifs is 2. The van der Waals surface area contributed by atoms with Gasteiger partial charge in [0.15, 0.2) is 0 Å². The zero-order valence-electron chi connectivity index (χ0n) is 24.2. The second kappa shape index (κ2) is 7.74. The van der Waals surface area contributed by atoms with E-state index in [1.165, 1.54) is 54.4 Å². The number of rotatable bonds is 3. The average molecular weight is 491 g/mol. The van der Waals surface area contributed by atoms with E-state index < -0.39 is 0 Å². The molecule has 0 aromatic heterocycles. The molecular formula is C37H46. The van der Waals surface area contributed by atoms with Crippen LogP contribution in [-0.2, 0) is 16.2 Å². The lowest BCUT2D eigenvalue weighted by molar-refractivity contribution is -0.0220. The van der Waals surface area contributed by atoms with Gasteiger partial charge in [-0.2, -0.15) is 0 Å². The molecule has 0 N–H and O–H groups in total. The molecule has 6 bridgehead atoms. The number of benzene rings is 2.